The number of carbonyl (C=O) groups is 2. The molecule has 0 saturated carbocycles. The third-order valence-electron chi connectivity index (χ3n) is 2.55. The highest BCUT2D eigenvalue weighted by Gasteiger charge is 2.03. The van der Waals surface area contributed by atoms with Gasteiger partial charge in [-0.3, -0.25) is 4.79 Å². The molecule has 0 heterocycles. The van der Waals surface area contributed by atoms with Crippen LogP contribution >= 0.6 is 0 Å². The van der Waals surface area contributed by atoms with Crippen LogP contribution in [0.25, 0.3) is 6.08 Å². The fourth-order valence-corrected chi connectivity index (χ4v) is 1.75. The van der Waals surface area contributed by atoms with Crippen LogP contribution in [0.1, 0.15) is 24.0 Å². The van der Waals surface area contributed by atoms with Crippen LogP contribution in [0.3, 0.4) is 0 Å². The van der Waals surface area contributed by atoms with Gasteiger partial charge in [-0.1, -0.05) is 6.07 Å². The maximum atomic E-state index is 11.7. The Kier molecular flexibility index (Phi) is 6.46. The van der Waals surface area contributed by atoms with E-state index in [-0.39, 0.29) is 5.91 Å². The van der Waals surface area contributed by atoms with Gasteiger partial charge in [0.1, 0.15) is 0 Å². The van der Waals surface area contributed by atoms with E-state index in [1.165, 1.54) is 6.08 Å². The van der Waals surface area contributed by atoms with E-state index < -0.39 is 5.97 Å². The van der Waals surface area contributed by atoms with Crippen molar-refractivity contribution in [3.05, 3.63) is 35.4 Å². The van der Waals surface area contributed by atoms with E-state index in [0.29, 0.717) is 25.1 Å². The normalized spacial score (nSPS) is 10.7. The molecule has 1 amide bonds. The fourth-order valence-electron chi connectivity index (χ4n) is 1.75. The van der Waals surface area contributed by atoms with Crippen LogP contribution in [0.15, 0.2) is 24.3 Å². The van der Waals surface area contributed by atoms with Crippen LogP contribution in [0, 0.1) is 6.92 Å². The quantitative estimate of drug-likeness (QED) is 0.593. The number of rotatable bonds is 7. The number of hydrogen-bond acceptors (Lipinski definition) is 3. The Hall–Kier alpha value is -2.14. The molecule has 0 atom stereocenters. The molecule has 0 fully saturated rings. The molecule has 1 aromatic carbocycles. The van der Waals surface area contributed by atoms with Crippen molar-refractivity contribution in [2.75, 3.05) is 19.0 Å². The van der Waals surface area contributed by atoms with Gasteiger partial charge in [0.15, 0.2) is 0 Å². The van der Waals surface area contributed by atoms with Crippen molar-refractivity contribution < 1.29 is 19.4 Å². The number of carbonyl (C=O) groups excluding carboxylic acids is 1. The SMILES string of the molecule is COCCCC(=O)Nc1cc(C)cc(/C=C/C(=O)O)c1. The second-order valence-corrected chi connectivity index (χ2v) is 4.45. The van der Waals surface area contributed by atoms with Crippen molar-refractivity contribution in [3.8, 4) is 0 Å². The minimum atomic E-state index is -1.00. The Balaban J connectivity index is 2.70. The van der Waals surface area contributed by atoms with Crippen molar-refractivity contribution in [1.29, 1.82) is 0 Å². The molecule has 0 saturated heterocycles. The summed E-state index contributed by atoms with van der Waals surface area (Å²) in [6.45, 7) is 2.44. The van der Waals surface area contributed by atoms with Gasteiger partial charge in [0.2, 0.25) is 5.91 Å². The number of amides is 1. The van der Waals surface area contributed by atoms with Crippen LogP contribution in [0.2, 0.25) is 0 Å². The Morgan fingerprint density at radius 1 is 1.35 bits per heavy atom. The molecule has 0 aliphatic heterocycles. The lowest BCUT2D eigenvalue weighted by Crippen LogP contribution is -2.12. The monoisotopic (exact) mass is 277 g/mol. The van der Waals surface area contributed by atoms with Gasteiger partial charge in [-0.2, -0.15) is 0 Å². The minimum absolute atomic E-state index is 0.0826. The average molecular weight is 277 g/mol. The Morgan fingerprint density at radius 2 is 2.10 bits per heavy atom. The summed E-state index contributed by atoms with van der Waals surface area (Å²) in [5.41, 5.74) is 2.35. The molecule has 2 N–H and O–H groups in total. The predicted molar refractivity (Wildman–Crippen MR) is 77.6 cm³/mol. The molecule has 0 aromatic heterocycles. The standard InChI is InChI=1S/C15H19NO4/c1-11-8-12(5-6-15(18)19)10-13(9-11)16-14(17)4-3-7-20-2/h5-6,8-10H,3-4,7H2,1-2H3,(H,16,17)(H,18,19)/b6-5+. The van der Waals surface area contributed by atoms with Gasteiger partial charge in [-0.05, 0) is 42.7 Å². The highest BCUT2D eigenvalue weighted by molar-refractivity contribution is 5.91. The van der Waals surface area contributed by atoms with Crippen LogP contribution in [-0.2, 0) is 14.3 Å². The lowest BCUT2D eigenvalue weighted by atomic mass is 10.1. The topological polar surface area (TPSA) is 75.6 Å². The van der Waals surface area contributed by atoms with Gasteiger partial charge >= 0.3 is 5.97 Å². The summed E-state index contributed by atoms with van der Waals surface area (Å²) in [5.74, 6) is -1.09. The summed E-state index contributed by atoms with van der Waals surface area (Å²) in [6, 6.07) is 5.42. The molecular formula is C15H19NO4. The fraction of sp³-hybridized carbons (Fsp3) is 0.333. The van der Waals surface area contributed by atoms with Crippen molar-refractivity contribution in [2.24, 2.45) is 0 Å². The van der Waals surface area contributed by atoms with Crippen LogP contribution in [-0.4, -0.2) is 30.7 Å². The zero-order valence-corrected chi connectivity index (χ0v) is 11.7. The number of aliphatic carboxylic acids is 1. The van der Waals surface area contributed by atoms with Crippen LogP contribution in [0.4, 0.5) is 5.69 Å². The largest absolute Gasteiger partial charge is 0.478 e. The number of carboxylic acids is 1. The number of aryl methyl sites for hydroxylation is 1. The number of benzene rings is 1. The van der Waals surface area contributed by atoms with Crippen molar-refractivity contribution in [3.63, 3.8) is 0 Å². The van der Waals surface area contributed by atoms with E-state index in [1.54, 1.807) is 13.2 Å². The van der Waals surface area contributed by atoms with E-state index in [4.69, 9.17) is 9.84 Å². The molecule has 5 nitrogen and oxygen atoms in total. The zero-order valence-electron chi connectivity index (χ0n) is 11.7. The highest BCUT2D eigenvalue weighted by Crippen LogP contribution is 2.16. The number of carboxylic acid groups (broad SMARTS) is 1. The molecule has 1 aromatic rings. The summed E-state index contributed by atoms with van der Waals surface area (Å²) in [7, 11) is 1.60. The molecule has 0 aliphatic rings. The zero-order chi connectivity index (χ0) is 15.0. The van der Waals surface area contributed by atoms with E-state index in [1.807, 2.05) is 19.1 Å². The smallest absolute Gasteiger partial charge is 0.328 e. The second-order valence-electron chi connectivity index (χ2n) is 4.45. The molecule has 108 valence electrons. The molecule has 0 spiro atoms. The van der Waals surface area contributed by atoms with Gasteiger partial charge in [0.05, 0.1) is 0 Å². The van der Waals surface area contributed by atoms with E-state index >= 15 is 0 Å². The van der Waals surface area contributed by atoms with Gasteiger partial charge in [-0.15, -0.1) is 0 Å². The Labute approximate surface area is 118 Å². The lowest BCUT2D eigenvalue weighted by molar-refractivity contribution is -0.131. The highest BCUT2D eigenvalue weighted by atomic mass is 16.5. The number of ether oxygens (including phenoxy) is 1. The Bertz CT molecular complexity index is 509. The average Bonchev–Trinajstić information content (AvgIpc) is 2.36. The second kappa shape index (κ2) is 8.12. The van der Waals surface area contributed by atoms with Gasteiger partial charge < -0.3 is 15.2 Å². The van der Waals surface area contributed by atoms with Crippen molar-refractivity contribution in [2.45, 2.75) is 19.8 Å². The number of nitrogens with one attached hydrogen (secondary N) is 1. The maximum Gasteiger partial charge on any atom is 0.328 e. The third-order valence-corrected chi connectivity index (χ3v) is 2.55. The Morgan fingerprint density at radius 3 is 2.75 bits per heavy atom. The molecule has 20 heavy (non-hydrogen) atoms. The first-order valence-electron chi connectivity index (χ1n) is 6.33. The van der Waals surface area contributed by atoms with E-state index in [2.05, 4.69) is 5.32 Å². The van der Waals surface area contributed by atoms with E-state index in [0.717, 1.165) is 17.2 Å². The molecule has 0 unspecified atom stereocenters. The maximum absolute atomic E-state index is 11.7. The molecule has 1 rings (SSSR count). The lowest BCUT2D eigenvalue weighted by Gasteiger charge is -2.07. The summed E-state index contributed by atoms with van der Waals surface area (Å²) in [6.07, 6.45) is 3.62. The van der Waals surface area contributed by atoms with E-state index in [9.17, 15) is 9.59 Å². The molecular weight excluding hydrogens is 258 g/mol. The first kappa shape index (κ1) is 15.9. The van der Waals surface area contributed by atoms with Crippen LogP contribution < -0.4 is 5.32 Å². The molecule has 5 heteroatoms. The van der Waals surface area contributed by atoms with Crippen molar-refractivity contribution in [1.82, 2.24) is 0 Å². The predicted octanol–water partition coefficient (Wildman–Crippen LogP) is 2.46. The first-order chi connectivity index (χ1) is 9.51. The molecule has 0 bridgehead atoms. The van der Waals surface area contributed by atoms with Crippen LogP contribution in [0.5, 0.6) is 0 Å². The molecule has 0 aliphatic carbocycles. The summed E-state index contributed by atoms with van der Waals surface area (Å²) >= 11 is 0. The van der Waals surface area contributed by atoms with Gasteiger partial charge in [0, 0.05) is 31.9 Å². The number of methoxy groups -OCH3 is 1. The summed E-state index contributed by atoms with van der Waals surface area (Å²) in [5, 5.41) is 11.4. The van der Waals surface area contributed by atoms with Gasteiger partial charge in [0.25, 0.3) is 0 Å². The first-order valence-corrected chi connectivity index (χ1v) is 6.33. The minimum Gasteiger partial charge on any atom is -0.478 e. The number of anilines is 1. The van der Waals surface area contributed by atoms with Crippen molar-refractivity contribution >= 4 is 23.6 Å². The summed E-state index contributed by atoms with van der Waals surface area (Å²) in [4.78, 5) is 22.2. The number of hydrogen-bond donors (Lipinski definition) is 2. The van der Waals surface area contributed by atoms with Gasteiger partial charge in [-0.25, -0.2) is 4.79 Å². The molecule has 0 radical (unpaired) electrons. The third kappa shape index (κ3) is 6.15. The summed E-state index contributed by atoms with van der Waals surface area (Å²) < 4.78 is 4.89.